The molecule has 3 N–H and O–H groups in total. The Hall–Kier alpha value is -2.08. The molecule has 5 nitrogen and oxygen atoms in total. The number of carbonyl (C=O) groups excluding carboxylic acids is 1. The number of hydrogen-bond acceptors (Lipinski definition) is 4. The van der Waals surface area contributed by atoms with Crippen molar-refractivity contribution in [2.75, 3.05) is 5.73 Å². The molecule has 0 spiro atoms. The second kappa shape index (κ2) is 5.50. The first-order chi connectivity index (χ1) is 8.65. The monoisotopic (exact) mass is 263 g/mol. The first-order valence-electron chi connectivity index (χ1n) is 5.40. The minimum atomic E-state index is -0.240. The van der Waals surface area contributed by atoms with Crippen LogP contribution < -0.4 is 16.6 Å². The van der Waals surface area contributed by atoms with Gasteiger partial charge in [0.1, 0.15) is 6.54 Å². The maximum absolute atomic E-state index is 11.7. The molecular weight excluding hydrogens is 250 g/mol. The van der Waals surface area contributed by atoms with Crippen molar-refractivity contribution in [3.63, 3.8) is 0 Å². The van der Waals surface area contributed by atoms with E-state index in [1.54, 1.807) is 11.3 Å². The SMILES string of the molecule is Nc1ccc(=O)n(CC(=O)NCc2cccs2)c1. The van der Waals surface area contributed by atoms with Crippen molar-refractivity contribution in [2.45, 2.75) is 13.1 Å². The Labute approximate surface area is 108 Å². The van der Waals surface area contributed by atoms with Crippen LogP contribution in [0.15, 0.2) is 40.6 Å². The predicted molar refractivity (Wildman–Crippen MR) is 71.3 cm³/mol. The number of pyridine rings is 1. The summed E-state index contributed by atoms with van der Waals surface area (Å²) in [5, 5.41) is 4.70. The second-order valence-corrected chi connectivity index (χ2v) is 4.82. The molecule has 0 aromatic carbocycles. The zero-order valence-corrected chi connectivity index (χ0v) is 10.4. The molecule has 0 saturated carbocycles. The summed E-state index contributed by atoms with van der Waals surface area (Å²) < 4.78 is 1.29. The molecule has 2 rings (SSSR count). The Morgan fingerprint density at radius 1 is 1.39 bits per heavy atom. The maximum Gasteiger partial charge on any atom is 0.251 e. The first-order valence-corrected chi connectivity index (χ1v) is 6.28. The minimum Gasteiger partial charge on any atom is -0.398 e. The number of rotatable bonds is 4. The van der Waals surface area contributed by atoms with Crippen LogP contribution >= 0.6 is 11.3 Å². The number of aromatic nitrogens is 1. The fourth-order valence-electron chi connectivity index (χ4n) is 1.48. The van der Waals surface area contributed by atoms with Crippen LogP contribution in [0.25, 0.3) is 0 Å². The Morgan fingerprint density at radius 2 is 2.22 bits per heavy atom. The number of nitrogens with two attached hydrogens (primary N) is 1. The number of nitrogens with zero attached hydrogens (tertiary/aromatic N) is 1. The number of hydrogen-bond donors (Lipinski definition) is 2. The normalized spacial score (nSPS) is 10.2. The van der Waals surface area contributed by atoms with Crippen LogP contribution in [0, 0.1) is 0 Å². The highest BCUT2D eigenvalue weighted by atomic mass is 32.1. The van der Waals surface area contributed by atoms with Crippen molar-refractivity contribution in [2.24, 2.45) is 0 Å². The van der Waals surface area contributed by atoms with Gasteiger partial charge >= 0.3 is 0 Å². The third-order valence-electron chi connectivity index (χ3n) is 2.36. The van der Waals surface area contributed by atoms with E-state index in [1.807, 2.05) is 17.5 Å². The standard InChI is InChI=1S/C12H13N3O2S/c13-9-3-4-12(17)15(7-9)8-11(16)14-6-10-2-1-5-18-10/h1-5,7H,6,8,13H2,(H,14,16). The van der Waals surface area contributed by atoms with Crippen LogP contribution in [0.2, 0.25) is 0 Å². The number of nitrogens with one attached hydrogen (secondary N) is 1. The lowest BCUT2D eigenvalue weighted by Crippen LogP contribution is -2.31. The van der Waals surface area contributed by atoms with E-state index < -0.39 is 0 Å². The molecule has 2 aromatic rings. The van der Waals surface area contributed by atoms with Gasteiger partial charge < -0.3 is 15.6 Å². The number of carbonyl (C=O) groups is 1. The molecule has 94 valence electrons. The Balaban J connectivity index is 1.95. The molecule has 0 bridgehead atoms. The van der Waals surface area contributed by atoms with E-state index in [1.165, 1.54) is 22.9 Å². The summed E-state index contributed by atoms with van der Waals surface area (Å²) in [7, 11) is 0. The van der Waals surface area contributed by atoms with E-state index in [9.17, 15) is 9.59 Å². The molecule has 0 radical (unpaired) electrons. The van der Waals surface area contributed by atoms with Gasteiger partial charge in [-0.05, 0) is 17.5 Å². The van der Waals surface area contributed by atoms with E-state index >= 15 is 0 Å². The van der Waals surface area contributed by atoms with E-state index in [-0.39, 0.29) is 18.0 Å². The van der Waals surface area contributed by atoms with E-state index in [4.69, 9.17) is 5.73 Å². The van der Waals surface area contributed by atoms with Crippen LogP contribution in [0.1, 0.15) is 4.88 Å². The van der Waals surface area contributed by atoms with Gasteiger partial charge in [0.05, 0.1) is 6.54 Å². The van der Waals surface area contributed by atoms with Gasteiger partial charge in [0.2, 0.25) is 5.91 Å². The molecule has 1 amide bonds. The Kier molecular flexibility index (Phi) is 3.78. The van der Waals surface area contributed by atoms with Gasteiger partial charge in [-0.15, -0.1) is 11.3 Å². The Morgan fingerprint density at radius 3 is 2.94 bits per heavy atom. The first kappa shape index (κ1) is 12.4. The smallest absolute Gasteiger partial charge is 0.251 e. The summed E-state index contributed by atoms with van der Waals surface area (Å²) in [6.07, 6.45) is 1.47. The lowest BCUT2D eigenvalue weighted by atomic mass is 10.4. The van der Waals surface area contributed by atoms with Gasteiger partial charge in [-0.1, -0.05) is 6.07 Å². The zero-order chi connectivity index (χ0) is 13.0. The van der Waals surface area contributed by atoms with Crippen molar-refractivity contribution in [3.8, 4) is 0 Å². The highest BCUT2D eigenvalue weighted by molar-refractivity contribution is 7.09. The summed E-state index contributed by atoms with van der Waals surface area (Å²) in [6.45, 7) is 0.461. The number of thiophene rings is 1. The number of anilines is 1. The van der Waals surface area contributed by atoms with Crippen molar-refractivity contribution in [1.82, 2.24) is 9.88 Å². The topological polar surface area (TPSA) is 77.1 Å². The van der Waals surface area contributed by atoms with Crippen molar-refractivity contribution >= 4 is 22.9 Å². The van der Waals surface area contributed by atoms with E-state index in [0.29, 0.717) is 12.2 Å². The summed E-state index contributed by atoms with van der Waals surface area (Å²) in [6, 6.07) is 6.73. The van der Waals surface area contributed by atoms with Crippen molar-refractivity contribution in [1.29, 1.82) is 0 Å². The summed E-state index contributed by atoms with van der Waals surface area (Å²) in [4.78, 5) is 24.2. The van der Waals surface area contributed by atoms with Crippen LogP contribution in [0.3, 0.4) is 0 Å². The molecular formula is C12H13N3O2S. The average Bonchev–Trinajstić information content (AvgIpc) is 2.84. The molecule has 0 atom stereocenters. The summed E-state index contributed by atoms with van der Waals surface area (Å²) >= 11 is 1.57. The van der Waals surface area contributed by atoms with Gasteiger partial charge in [0.15, 0.2) is 0 Å². The van der Waals surface area contributed by atoms with Gasteiger partial charge in [-0.3, -0.25) is 9.59 Å². The highest BCUT2D eigenvalue weighted by Crippen LogP contribution is 2.07. The quantitative estimate of drug-likeness (QED) is 0.857. The van der Waals surface area contributed by atoms with E-state index in [2.05, 4.69) is 5.32 Å². The van der Waals surface area contributed by atoms with Crippen LogP contribution in [0.4, 0.5) is 5.69 Å². The summed E-state index contributed by atoms with van der Waals surface area (Å²) in [5.74, 6) is -0.212. The Bertz CT molecular complexity index is 590. The maximum atomic E-state index is 11.7. The highest BCUT2D eigenvalue weighted by Gasteiger charge is 2.04. The molecule has 2 aromatic heterocycles. The lowest BCUT2D eigenvalue weighted by molar-refractivity contribution is -0.121. The third kappa shape index (κ3) is 3.21. The van der Waals surface area contributed by atoms with E-state index in [0.717, 1.165) is 4.88 Å². The van der Waals surface area contributed by atoms with Crippen LogP contribution in [-0.4, -0.2) is 10.5 Å². The van der Waals surface area contributed by atoms with Gasteiger partial charge in [-0.2, -0.15) is 0 Å². The molecule has 6 heteroatoms. The summed E-state index contributed by atoms with van der Waals surface area (Å²) in [5.41, 5.74) is 5.78. The van der Waals surface area contributed by atoms with Crippen molar-refractivity contribution < 1.29 is 4.79 Å². The van der Waals surface area contributed by atoms with Crippen LogP contribution in [-0.2, 0) is 17.9 Å². The third-order valence-corrected chi connectivity index (χ3v) is 3.24. The average molecular weight is 263 g/mol. The van der Waals surface area contributed by atoms with Gasteiger partial charge in [-0.25, -0.2) is 0 Å². The zero-order valence-electron chi connectivity index (χ0n) is 9.63. The van der Waals surface area contributed by atoms with Gasteiger partial charge in [0, 0.05) is 22.8 Å². The molecule has 0 aliphatic heterocycles. The molecule has 0 saturated heterocycles. The van der Waals surface area contributed by atoms with Crippen LogP contribution in [0.5, 0.6) is 0 Å². The fourth-order valence-corrected chi connectivity index (χ4v) is 2.13. The molecule has 0 fully saturated rings. The molecule has 0 aliphatic rings. The van der Waals surface area contributed by atoms with Gasteiger partial charge in [0.25, 0.3) is 5.56 Å². The fraction of sp³-hybridized carbons (Fsp3) is 0.167. The van der Waals surface area contributed by atoms with Crippen molar-refractivity contribution in [3.05, 3.63) is 51.1 Å². The predicted octanol–water partition coefficient (Wildman–Crippen LogP) is 0.808. The molecule has 18 heavy (non-hydrogen) atoms. The lowest BCUT2D eigenvalue weighted by Gasteiger charge is -2.07. The molecule has 0 unspecified atom stereocenters. The largest absolute Gasteiger partial charge is 0.398 e. The molecule has 0 aliphatic carbocycles. The minimum absolute atomic E-state index is 0.0186. The number of nitrogen functional groups attached to an aromatic ring is 1. The number of amides is 1. The molecule has 2 heterocycles. The second-order valence-electron chi connectivity index (χ2n) is 3.78.